The molecule has 2 atom stereocenters. The molecule has 1 amide bonds. The van der Waals surface area contributed by atoms with Crippen LogP contribution in [0.4, 0.5) is 0 Å². The summed E-state index contributed by atoms with van der Waals surface area (Å²) in [6, 6.07) is 15.1. The molecule has 6 N–H and O–H groups in total. The van der Waals surface area contributed by atoms with Crippen molar-refractivity contribution >= 4 is 5.91 Å². The number of benzene rings is 2. The number of rotatable bonds is 7. The van der Waals surface area contributed by atoms with E-state index in [1.165, 1.54) is 6.92 Å². The second-order valence-electron chi connectivity index (χ2n) is 5.67. The highest BCUT2D eigenvalue weighted by Crippen LogP contribution is 2.20. The smallest absolute Gasteiger partial charge is 0.263 e. The second-order valence-corrected chi connectivity index (χ2v) is 5.67. The first-order valence-corrected chi connectivity index (χ1v) is 7.79. The van der Waals surface area contributed by atoms with Gasteiger partial charge in [-0.2, -0.15) is 0 Å². The number of aliphatic hydroxyl groups excluding tert-OH is 1. The van der Waals surface area contributed by atoms with Gasteiger partial charge in [0.05, 0.1) is 6.10 Å². The van der Waals surface area contributed by atoms with Gasteiger partial charge in [-0.3, -0.25) is 15.3 Å². The maximum Gasteiger partial charge on any atom is 0.263 e. The van der Waals surface area contributed by atoms with Crippen LogP contribution in [-0.2, 0) is 17.9 Å². The van der Waals surface area contributed by atoms with E-state index in [2.05, 4.69) is 5.32 Å². The number of hydrogen-bond acceptors (Lipinski definition) is 5. The van der Waals surface area contributed by atoms with Gasteiger partial charge in [0.2, 0.25) is 0 Å². The Kier molecular flexibility index (Phi) is 8.24. The molecule has 2 rings (SSSR count). The zero-order valence-electron chi connectivity index (χ0n) is 13.6. The van der Waals surface area contributed by atoms with Crippen molar-refractivity contribution in [3.8, 4) is 11.1 Å². The molecule has 0 radical (unpaired) electrons. The molecule has 0 saturated carbocycles. The monoisotopic (exact) mass is 345 g/mol. The van der Waals surface area contributed by atoms with Crippen LogP contribution < -0.4 is 16.5 Å². The molecule has 0 aliphatic heterocycles. The topological polar surface area (TPSA) is 108 Å². The number of amides is 1. The fraction of sp³-hybridized carbons (Fsp3) is 0.316. The normalized spacial score (nSPS) is 12.8. The van der Waals surface area contributed by atoms with E-state index in [0.29, 0.717) is 13.1 Å². The lowest BCUT2D eigenvalue weighted by molar-refractivity contribution is -0.134. The molecule has 0 unspecified atom stereocenters. The van der Waals surface area contributed by atoms with Crippen molar-refractivity contribution in [2.75, 3.05) is 0 Å². The summed E-state index contributed by atoms with van der Waals surface area (Å²) in [5.74, 6) is -0.665. The number of nitrogens with one attached hydrogen (secondary N) is 2. The fourth-order valence-electron chi connectivity index (χ4n) is 2.43. The molecule has 0 aliphatic carbocycles. The van der Waals surface area contributed by atoms with E-state index in [1.54, 1.807) is 5.48 Å². The standard InChI is InChI=1S/C18H23N3O3.CH4/c1-12(22)17(18(23)21-24)20-11-14-4-8-16(9-5-14)15-6-2-13(10-19)3-7-15;/h2-9,12,17,20,22,24H,10-11,19H2,1H3,(H,21,23);1H4/t12-,17+;/m1./s1. The Morgan fingerprint density at radius 2 is 1.52 bits per heavy atom. The van der Waals surface area contributed by atoms with Gasteiger partial charge in [-0.25, -0.2) is 5.48 Å². The number of hydrogen-bond donors (Lipinski definition) is 5. The van der Waals surface area contributed by atoms with Crippen LogP contribution in [0, 0.1) is 0 Å². The van der Waals surface area contributed by atoms with Gasteiger partial charge >= 0.3 is 0 Å². The van der Waals surface area contributed by atoms with Gasteiger partial charge in [-0.1, -0.05) is 56.0 Å². The Morgan fingerprint density at radius 1 is 1.04 bits per heavy atom. The Bertz CT molecular complexity index is 655. The second kappa shape index (κ2) is 9.90. The predicted octanol–water partition coefficient (Wildman–Crippen LogP) is 1.79. The zero-order valence-corrected chi connectivity index (χ0v) is 13.6. The van der Waals surface area contributed by atoms with Crippen LogP contribution in [0.2, 0.25) is 0 Å². The summed E-state index contributed by atoms with van der Waals surface area (Å²) in [5.41, 5.74) is 11.4. The lowest BCUT2D eigenvalue weighted by Gasteiger charge is -2.19. The SMILES string of the molecule is C.C[C@@H](O)[C@H](NCc1ccc(-c2ccc(CN)cc2)cc1)C(=O)NO. The molecule has 6 nitrogen and oxygen atoms in total. The van der Waals surface area contributed by atoms with Crippen molar-refractivity contribution in [1.29, 1.82) is 0 Å². The molecule has 0 fully saturated rings. The molecule has 6 heteroatoms. The fourth-order valence-corrected chi connectivity index (χ4v) is 2.43. The molecular weight excluding hydrogens is 318 g/mol. The first-order valence-electron chi connectivity index (χ1n) is 7.79. The number of carbonyl (C=O) groups excluding carboxylic acids is 1. The molecule has 0 heterocycles. The highest BCUT2D eigenvalue weighted by molar-refractivity contribution is 5.81. The molecule has 0 aromatic heterocycles. The number of carbonyl (C=O) groups is 1. The highest BCUT2D eigenvalue weighted by atomic mass is 16.5. The van der Waals surface area contributed by atoms with Crippen LogP contribution in [0.5, 0.6) is 0 Å². The average Bonchev–Trinajstić information content (AvgIpc) is 2.62. The first kappa shape index (κ1) is 20.8. The van der Waals surface area contributed by atoms with E-state index in [4.69, 9.17) is 10.9 Å². The van der Waals surface area contributed by atoms with Crippen LogP contribution in [-0.4, -0.2) is 28.4 Å². The van der Waals surface area contributed by atoms with Gasteiger partial charge < -0.3 is 10.8 Å². The number of aliphatic hydroxyl groups is 1. The lowest BCUT2D eigenvalue weighted by Crippen LogP contribution is -2.49. The maximum atomic E-state index is 11.5. The summed E-state index contributed by atoms with van der Waals surface area (Å²) in [6.07, 6.45) is -0.919. The zero-order chi connectivity index (χ0) is 17.5. The summed E-state index contributed by atoms with van der Waals surface area (Å²) in [7, 11) is 0. The van der Waals surface area contributed by atoms with Crippen molar-refractivity contribution < 1.29 is 15.1 Å². The molecule has 0 aliphatic rings. The van der Waals surface area contributed by atoms with Crippen molar-refractivity contribution in [2.24, 2.45) is 5.73 Å². The van der Waals surface area contributed by atoms with Crippen LogP contribution in [0.1, 0.15) is 25.5 Å². The lowest BCUT2D eigenvalue weighted by atomic mass is 10.0. The van der Waals surface area contributed by atoms with Crippen molar-refractivity contribution in [3.63, 3.8) is 0 Å². The Morgan fingerprint density at radius 3 is 1.92 bits per heavy atom. The molecule has 25 heavy (non-hydrogen) atoms. The minimum atomic E-state index is -0.919. The minimum Gasteiger partial charge on any atom is -0.391 e. The number of nitrogens with two attached hydrogens (primary N) is 1. The van der Waals surface area contributed by atoms with Crippen LogP contribution >= 0.6 is 0 Å². The molecule has 0 spiro atoms. The molecule has 0 bridgehead atoms. The number of hydroxylamine groups is 1. The van der Waals surface area contributed by atoms with Crippen molar-refractivity contribution in [1.82, 2.24) is 10.8 Å². The third-order valence-electron chi connectivity index (χ3n) is 3.88. The first-order chi connectivity index (χ1) is 11.5. The van der Waals surface area contributed by atoms with Gasteiger partial charge in [-0.15, -0.1) is 0 Å². The Hall–Kier alpha value is -2.25. The summed E-state index contributed by atoms with van der Waals surface area (Å²) in [4.78, 5) is 11.5. The van der Waals surface area contributed by atoms with Gasteiger partial charge in [-0.05, 0) is 29.2 Å². The quantitative estimate of drug-likeness (QED) is 0.388. The third kappa shape index (κ3) is 5.65. The Balaban J connectivity index is 0.00000312. The van der Waals surface area contributed by atoms with E-state index < -0.39 is 18.1 Å². The molecule has 2 aromatic carbocycles. The molecule has 136 valence electrons. The van der Waals surface area contributed by atoms with Gasteiger partial charge in [0.25, 0.3) is 5.91 Å². The molecule has 0 saturated heterocycles. The van der Waals surface area contributed by atoms with Gasteiger partial charge in [0, 0.05) is 13.1 Å². The highest BCUT2D eigenvalue weighted by Gasteiger charge is 2.22. The molecular formula is C19H27N3O3. The summed E-state index contributed by atoms with van der Waals surface area (Å²) >= 11 is 0. The minimum absolute atomic E-state index is 0. The van der Waals surface area contributed by atoms with Crippen molar-refractivity contribution in [2.45, 2.75) is 39.6 Å². The van der Waals surface area contributed by atoms with E-state index in [1.807, 2.05) is 48.5 Å². The van der Waals surface area contributed by atoms with Crippen LogP contribution in [0.25, 0.3) is 11.1 Å². The van der Waals surface area contributed by atoms with Crippen LogP contribution in [0.15, 0.2) is 48.5 Å². The maximum absolute atomic E-state index is 11.5. The average molecular weight is 345 g/mol. The summed E-state index contributed by atoms with van der Waals surface area (Å²) < 4.78 is 0. The summed E-state index contributed by atoms with van der Waals surface area (Å²) in [5, 5.41) is 21.2. The summed E-state index contributed by atoms with van der Waals surface area (Å²) in [6.45, 7) is 2.41. The van der Waals surface area contributed by atoms with E-state index >= 15 is 0 Å². The van der Waals surface area contributed by atoms with Gasteiger partial charge in [0.1, 0.15) is 6.04 Å². The Labute approximate surface area is 148 Å². The molecule has 2 aromatic rings. The van der Waals surface area contributed by atoms with Crippen LogP contribution in [0.3, 0.4) is 0 Å². The van der Waals surface area contributed by atoms with E-state index in [9.17, 15) is 9.90 Å². The van der Waals surface area contributed by atoms with Crippen molar-refractivity contribution in [3.05, 3.63) is 59.7 Å². The van der Waals surface area contributed by atoms with E-state index in [0.717, 1.165) is 22.3 Å². The van der Waals surface area contributed by atoms with Gasteiger partial charge in [0.15, 0.2) is 0 Å². The third-order valence-corrected chi connectivity index (χ3v) is 3.88. The largest absolute Gasteiger partial charge is 0.391 e. The predicted molar refractivity (Wildman–Crippen MR) is 98.7 cm³/mol. The van der Waals surface area contributed by atoms with E-state index in [-0.39, 0.29) is 7.43 Å².